The summed E-state index contributed by atoms with van der Waals surface area (Å²) in [5, 5.41) is 14.5. The van der Waals surface area contributed by atoms with Gasteiger partial charge in [-0.05, 0) is 42.8 Å². The lowest BCUT2D eigenvalue weighted by atomic mass is 9.86. The first-order valence-electron chi connectivity index (χ1n) is 9.06. The van der Waals surface area contributed by atoms with Gasteiger partial charge in [-0.3, -0.25) is 4.79 Å². The Bertz CT molecular complexity index is 982. The average Bonchev–Trinajstić information content (AvgIpc) is 3.22. The summed E-state index contributed by atoms with van der Waals surface area (Å²) in [6.45, 7) is 1.27. The van der Waals surface area contributed by atoms with E-state index < -0.39 is 11.6 Å². The third kappa shape index (κ3) is 4.60. The maximum atomic E-state index is 13.7. The highest BCUT2D eigenvalue weighted by atomic mass is 35.5. The van der Waals surface area contributed by atoms with Crippen LogP contribution < -0.4 is 10.6 Å². The molecular formula is C20H20ClF2N5O. The zero-order valence-electron chi connectivity index (χ0n) is 15.4. The minimum absolute atomic E-state index is 0. The van der Waals surface area contributed by atoms with Crippen molar-refractivity contribution in [1.29, 1.82) is 0 Å². The minimum Gasteiger partial charge on any atom is -0.346 e. The van der Waals surface area contributed by atoms with Gasteiger partial charge in [-0.25, -0.2) is 8.78 Å². The van der Waals surface area contributed by atoms with Gasteiger partial charge in [-0.15, -0.1) is 17.5 Å². The van der Waals surface area contributed by atoms with Gasteiger partial charge in [-0.1, -0.05) is 24.3 Å². The monoisotopic (exact) mass is 419 g/mol. The molecule has 2 N–H and O–H groups in total. The van der Waals surface area contributed by atoms with Crippen molar-refractivity contribution in [2.24, 2.45) is 0 Å². The van der Waals surface area contributed by atoms with E-state index in [0.717, 1.165) is 18.3 Å². The number of aromatic nitrogens is 3. The fraction of sp³-hybridized carbons (Fsp3) is 0.250. The van der Waals surface area contributed by atoms with Gasteiger partial charge in [-0.2, -0.15) is 9.90 Å². The summed E-state index contributed by atoms with van der Waals surface area (Å²) in [5.41, 5.74) is 1.61. The fourth-order valence-electron chi connectivity index (χ4n) is 3.45. The number of benzene rings is 2. The third-order valence-electron chi connectivity index (χ3n) is 4.88. The molecule has 2 unspecified atom stereocenters. The van der Waals surface area contributed by atoms with Gasteiger partial charge in [0.2, 0.25) is 0 Å². The maximum Gasteiger partial charge on any atom is 0.273 e. The number of hydrogen-bond acceptors (Lipinski definition) is 4. The molecule has 1 saturated heterocycles. The quantitative estimate of drug-likeness (QED) is 0.682. The molecule has 1 fully saturated rings. The topological polar surface area (TPSA) is 71.8 Å². The summed E-state index contributed by atoms with van der Waals surface area (Å²) < 4.78 is 26.9. The molecular weight excluding hydrogens is 400 g/mol. The number of para-hydroxylation sites is 1. The molecule has 1 amide bonds. The average molecular weight is 420 g/mol. The number of carbonyl (C=O) groups excluding carboxylic acids is 1. The second kappa shape index (κ2) is 9.11. The summed E-state index contributed by atoms with van der Waals surface area (Å²) >= 11 is 0. The van der Waals surface area contributed by atoms with E-state index >= 15 is 0 Å². The number of hydrogen-bond donors (Lipinski definition) is 2. The number of rotatable bonds is 4. The lowest BCUT2D eigenvalue weighted by Crippen LogP contribution is -2.50. The maximum absolute atomic E-state index is 13.7. The highest BCUT2D eigenvalue weighted by Gasteiger charge is 2.29. The number of carbonyl (C=O) groups is 1. The standard InChI is InChI=1S/C20H19F2N5O.ClH/c21-16-7-6-13(10-17(16)22)15-8-9-23-11-18(15)25-20(28)19-12-24-27(26-19)14-4-2-1-3-5-14;/h1-7,10,12,15,18,23H,8-9,11H2,(H,25,28);1H. The largest absolute Gasteiger partial charge is 0.346 e. The lowest BCUT2D eigenvalue weighted by molar-refractivity contribution is 0.0919. The molecule has 2 atom stereocenters. The summed E-state index contributed by atoms with van der Waals surface area (Å²) in [4.78, 5) is 14.1. The van der Waals surface area contributed by atoms with Crippen molar-refractivity contribution in [3.63, 3.8) is 0 Å². The van der Waals surface area contributed by atoms with E-state index in [-0.39, 0.29) is 36.0 Å². The van der Waals surface area contributed by atoms with Crippen LogP contribution in [0.15, 0.2) is 54.7 Å². The summed E-state index contributed by atoms with van der Waals surface area (Å²) in [6, 6.07) is 12.9. The molecule has 4 rings (SSSR count). The fourth-order valence-corrected chi connectivity index (χ4v) is 3.45. The van der Waals surface area contributed by atoms with Crippen LogP contribution in [0.2, 0.25) is 0 Å². The van der Waals surface area contributed by atoms with Crippen molar-refractivity contribution in [3.05, 3.63) is 77.6 Å². The molecule has 1 aromatic heterocycles. The van der Waals surface area contributed by atoms with Gasteiger partial charge >= 0.3 is 0 Å². The van der Waals surface area contributed by atoms with Crippen LogP contribution in [0, 0.1) is 11.6 Å². The molecule has 0 radical (unpaired) electrons. The van der Waals surface area contributed by atoms with Crippen LogP contribution in [-0.4, -0.2) is 40.0 Å². The molecule has 152 valence electrons. The molecule has 9 heteroatoms. The molecule has 2 heterocycles. The van der Waals surface area contributed by atoms with E-state index in [0.29, 0.717) is 18.5 Å². The SMILES string of the molecule is Cl.O=C(NC1CNCCC1c1ccc(F)c(F)c1)c1cnn(-c2ccccc2)n1. The van der Waals surface area contributed by atoms with E-state index in [1.54, 1.807) is 6.07 Å². The van der Waals surface area contributed by atoms with E-state index in [4.69, 9.17) is 0 Å². The highest BCUT2D eigenvalue weighted by molar-refractivity contribution is 5.92. The van der Waals surface area contributed by atoms with Gasteiger partial charge in [0, 0.05) is 18.5 Å². The van der Waals surface area contributed by atoms with E-state index in [1.165, 1.54) is 17.1 Å². The van der Waals surface area contributed by atoms with Crippen LogP contribution in [0.25, 0.3) is 5.69 Å². The van der Waals surface area contributed by atoms with Crippen LogP contribution >= 0.6 is 12.4 Å². The first-order valence-corrected chi connectivity index (χ1v) is 9.06. The predicted molar refractivity (Wildman–Crippen MR) is 106 cm³/mol. The van der Waals surface area contributed by atoms with Gasteiger partial charge in [0.25, 0.3) is 5.91 Å². The molecule has 29 heavy (non-hydrogen) atoms. The highest BCUT2D eigenvalue weighted by Crippen LogP contribution is 2.27. The molecule has 0 bridgehead atoms. The Labute approximate surface area is 172 Å². The number of nitrogens with one attached hydrogen (secondary N) is 2. The van der Waals surface area contributed by atoms with Crippen LogP contribution in [-0.2, 0) is 0 Å². The molecule has 1 aliphatic heterocycles. The Kier molecular flexibility index (Phi) is 6.56. The number of piperidine rings is 1. The minimum atomic E-state index is -0.882. The Balaban J connectivity index is 0.00000240. The van der Waals surface area contributed by atoms with Crippen molar-refractivity contribution >= 4 is 18.3 Å². The molecule has 0 aliphatic carbocycles. The zero-order valence-corrected chi connectivity index (χ0v) is 16.2. The van der Waals surface area contributed by atoms with E-state index in [9.17, 15) is 13.6 Å². The molecule has 0 spiro atoms. The van der Waals surface area contributed by atoms with Crippen LogP contribution in [0.5, 0.6) is 0 Å². The first-order chi connectivity index (χ1) is 13.6. The predicted octanol–water partition coefficient (Wildman–Crippen LogP) is 2.84. The van der Waals surface area contributed by atoms with Crippen LogP contribution in [0.3, 0.4) is 0 Å². The number of amides is 1. The van der Waals surface area contributed by atoms with E-state index in [1.807, 2.05) is 30.3 Å². The Hall–Kier alpha value is -2.84. The number of halogens is 3. The third-order valence-corrected chi connectivity index (χ3v) is 4.88. The summed E-state index contributed by atoms with van der Waals surface area (Å²) in [5.74, 6) is -2.24. The van der Waals surface area contributed by atoms with Gasteiger partial charge in [0.05, 0.1) is 11.9 Å². The normalized spacial score (nSPS) is 18.7. The molecule has 3 aromatic rings. The van der Waals surface area contributed by atoms with Crippen molar-refractivity contribution in [1.82, 2.24) is 25.6 Å². The Morgan fingerprint density at radius 1 is 1.14 bits per heavy atom. The van der Waals surface area contributed by atoms with Crippen molar-refractivity contribution in [2.45, 2.75) is 18.4 Å². The summed E-state index contributed by atoms with van der Waals surface area (Å²) in [6.07, 6.45) is 2.11. The smallest absolute Gasteiger partial charge is 0.273 e. The number of nitrogens with zero attached hydrogens (tertiary/aromatic N) is 3. The van der Waals surface area contributed by atoms with Gasteiger partial charge in [0.15, 0.2) is 17.3 Å². The van der Waals surface area contributed by atoms with Crippen molar-refractivity contribution in [2.75, 3.05) is 13.1 Å². The van der Waals surface area contributed by atoms with Gasteiger partial charge in [0.1, 0.15) is 0 Å². The van der Waals surface area contributed by atoms with Crippen LogP contribution in [0.4, 0.5) is 8.78 Å². The Morgan fingerprint density at radius 3 is 2.69 bits per heavy atom. The molecule has 1 aliphatic rings. The van der Waals surface area contributed by atoms with Crippen molar-refractivity contribution in [3.8, 4) is 5.69 Å². The Morgan fingerprint density at radius 2 is 1.93 bits per heavy atom. The molecule has 2 aromatic carbocycles. The molecule has 0 saturated carbocycles. The lowest BCUT2D eigenvalue weighted by Gasteiger charge is -2.33. The molecule has 6 nitrogen and oxygen atoms in total. The van der Waals surface area contributed by atoms with Gasteiger partial charge < -0.3 is 10.6 Å². The van der Waals surface area contributed by atoms with Crippen LogP contribution in [0.1, 0.15) is 28.4 Å². The zero-order chi connectivity index (χ0) is 19.5. The second-order valence-corrected chi connectivity index (χ2v) is 6.71. The first kappa shape index (κ1) is 20.9. The summed E-state index contributed by atoms with van der Waals surface area (Å²) in [7, 11) is 0. The van der Waals surface area contributed by atoms with E-state index in [2.05, 4.69) is 20.8 Å². The second-order valence-electron chi connectivity index (χ2n) is 6.71. The van der Waals surface area contributed by atoms with Crippen molar-refractivity contribution < 1.29 is 13.6 Å².